The van der Waals surface area contributed by atoms with Crippen molar-refractivity contribution < 1.29 is 31.1 Å². The molecule has 8 nitrogen and oxygen atoms in total. The fraction of sp³-hybridized carbons (Fsp3) is 0.579. The van der Waals surface area contributed by atoms with Gasteiger partial charge in [0, 0.05) is 39.5 Å². The quantitative estimate of drug-likeness (QED) is 0.629. The van der Waals surface area contributed by atoms with Crippen LogP contribution >= 0.6 is 0 Å². The van der Waals surface area contributed by atoms with E-state index in [-0.39, 0.29) is 30.8 Å². The Labute approximate surface area is 178 Å². The molecule has 1 amide bonds. The van der Waals surface area contributed by atoms with Crippen molar-refractivity contribution in [1.82, 2.24) is 18.8 Å². The predicted molar refractivity (Wildman–Crippen MR) is 107 cm³/mol. The van der Waals surface area contributed by atoms with Crippen LogP contribution < -0.4 is 0 Å². The molecular weight excluding hydrogens is 437 g/mol. The van der Waals surface area contributed by atoms with Gasteiger partial charge in [0.25, 0.3) is 0 Å². The number of sulfonamides is 1. The number of carbonyl (C=O) groups is 1. The Hall–Kier alpha value is -2.18. The standard InChI is InChI=1S/C19H25F3N4O4S/c1-3-26-16-5-4-14(31(28,29)25-8-10-30-11-9-25)12-15(16)23-17(26)6-7-18(27)24(2)13-19(20,21)22/h4-5,12H,3,6-11,13H2,1-2H3. The molecule has 172 valence electrons. The lowest BCUT2D eigenvalue weighted by molar-refractivity contribution is -0.158. The number of ether oxygens (including phenoxy) is 1. The number of morpholine rings is 1. The number of aryl methyl sites for hydroxylation is 2. The van der Waals surface area contributed by atoms with Gasteiger partial charge in [-0.1, -0.05) is 0 Å². The second-order valence-corrected chi connectivity index (χ2v) is 9.24. The number of halogens is 3. The molecule has 3 rings (SSSR count). The van der Waals surface area contributed by atoms with Gasteiger partial charge in [0.1, 0.15) is 12.4 Å². The summed E-state index contributed by atoms with van der Waals surface area (Å²) in [6.07, 6.45) is -4.44. The van der Waals surface area contributed by atoms with Crippen molar-refractivity contribution in [3.05, 3.63) is 24.0 Å². The van der Waals surface area contributed by atoms with Crippen LogP contribution in [0.4, 0.5) is 13.2 Å². The van der Waals surface area contributed by atoms with Crippen LogP contribution in [-0.2, 0) is 32.5 Å². The summed E-state index contributed by atoms with van der Waals surface area (Å²) in [6.45, 7) is 2.33. The number of hydrogen-bond acceptors (Lipinski definition) is 5. The predicted octanol–water partition coefficient (Wildman–Crippen LogP) is 2.03. The van der Waals surface area contributed by atoms with Gasteiger partial charge < -0.3 is 14.2 Å². The molecule has 31 heavy (non-hydrogen) atoms. The lowest BCUT2D eigenvalue weighted by Crippen LogP contribution is -2.40. The maximum atomic E-state index is 12.9. The summed E-state index contributed by atoms with van der Waals surface area (Å²) in [6, 6.07) is 4.68. The van der Waals surface area contributed by atoms with Gasteiger partial charge in [-0.05, 0) is 25.1 Å². The van der Waals surface area contributed by atoms with Crippen LogP contribution in [0.2, 0.25) is 0 Å². The summed E-state index contributed by atoms with van der Waals surface area (Å²) in [5, 5.41) is 0. The van der Waals surface area contributed by atoms with E-state index in [1.54, 1.807) is 6.07 Å². The minimum absolute atomic E-state index is 0.121. The average Bonchev–Trinajstić information content (AvgIpc) is 3.08. The van der Waals surface area contributed by atoms with Gasteiger partial charge in [-0.15, -0.1) is 0 Å². The van der Waals surface area contributed by atoms with E-state index in [1.165, 1.54) is 16.4 Å². The van der Waals surface area contributed by atoms with Crippen molar-refractivity contribution in [2.24, 2.45) is 0 Å². The Balaban J connectivity index is 1.81. The Kier molecular flexibility index (Phi) is 6.92. The first kappa shape index (κ1) is 23.5. The molecule has 1 saturated heterocycles. The van der Waals surface area contributed by atoms with Crippen molar-refractivity contribution in [2.45, 2.75) is 37.4 Å². The highest BCUT2D eigenvalue weighted by atomic mass is 32.2. The average molecular weight is 462 g/mol. The van der Waals surface area contributed by atoms with E-state index >= 15 is 0 Å². The number of fused-ring (bicyclic) bond motifs is 1. The van der Waals surface area contributed by atoms with E-state index in [0.29, 0.717) is 41.5 Å². The molecule has 0 spiro atoms. The SMILES string of the molecule is CCn1c(CCC(=O)N(C)CC(F)(F)F)nc2cc(S(=O)(=O)N3CCOCC3)ccc21. The second kappa shape index (κ2) is 9.13. The molecule has 0 radical (unpaired) electrons. The maximum absolute atomic E-state index is 12.9. The molecule has 0 aliphatic carbocycles. The zero-order valence-corrected chi connectivity index (χ0v) is 18.2. The van der Waals surface area contributed by atoms with Gasteiger partial charge in [0.15, 0.2) is 0 Å². The molecule has 12 heteroatoms. The van der Waals surface area contributed by atoms with Crippen LogP contribution in [0.5, 0.6) is 0 Å². The monoisotopic (exact) mass is 462 g/mol. The number of aromatic nitrogens is 2. The van der Waals surface area contributed by atoms with Gasteiger partial charge in [-0.2, -0.15) is 17.5 Å². The molecule has 0 bridgehead atoms. The molecule has 2 heterocycles. The number of benzene rings is 1. The Morgan fingerprint density at radius 3 is 2.55 bits per heavy atom. The zero-order chi connectivity index (χ0) is 22.8. The summed E-state index contributed by atoms with van der Waals surface area (Å²) < 4.78 is 71.6. The molecule has 2 aromatic rings. The third-order valence-corrected chi connectivity index (χ3v) is 7.02. The van der Waals surface area contributed by atoms with E-state index in [9.17, 15) is 26.4 Å². The summed E-state index contributed by atoms with van der Waals surface area (Å²) in [5.41, 5.74) is 1.16. The van der Waals surface area contributed by atoms with Gasteiger partial charge in [0.2, 0.25) is 15.9 Å². The molecule has 0 N–H and O–H groups in total. The zero-order valence-electron chi connectivity index (χ0n) is 17.4. The van der Waals surface area contributed by atoms with Gasteiger partial charge in [-0.25, -0.2) is 13.4 Å². The highest BCUT2D eigenvalue weighted by Gasteiger charge is 2.31. The summed E-state index contributed by atoms with van der Waals surface area (Å²) in [5.74, 6) is -0.116. The van der Waals surface area contributed by atoms with E-state index in [0.717, 1.165) is 7.05 Å². The Morgan fingerprint density at radius 2 is 1.94 bits per heavy atom. The van der Waals surface area contributed by atoms with Crippen molar-refractivity contribution in [3.8, 4) is 0 Å². The Morgan fingerprint density at radius 1 is 1.26 bits per heavy atom. The molecule has 1 fully saturated rings. The number of imidazole rings is 1. The third-order valence-electron chi connectivity index (χ3n) is 5.13. The summed E-state index contributed by atoms with van der Waals surface area (Å²) in [4.78, 5) is 17.3. The molecule has 0 atom stereocenters. The molecule has 0 saturated carbocycles. The molecule has 1 aliphatic rings. The van der Waals surface area contributed by atoms with Gasteiger partial charge in [-0.3, -0.25) is 4.79 Å². The van der Waals surface area contributed by atoms with Crippen molar-refractivity contribution in [3.63, 3.8) is 0 Å². The topological polar surface area (TPSA) is 84.7 Å². The van der Waals surface area contributed by atoms with Crippen LogP contribution in [0.15, 0.2) is 23.1 Å². The van der Waals surface area contributed by atoms with Crippen molar-refractivity contribution in [2.75, 3.05) is 39.9 Å². The second-order valence-electron chi connectivity index (χ2n) is 7.30. The number of alkyl halides is 3. The number of amides is 1. The molecule has 1 aliphatic heterocycles. The number of rotatable bonds is 7. The molecule has 1 aromatic carbocycles. The first-order valence-corrected chi connectivity index (χ1v) is 11.3. The van der Waals surface area contributed by atoms with Crippen LogP contribution in [-0.4, -0.2) is 79.2 Å². The van der Waals surface area contributed by atoms with E-state index in [2.05, 4.69) is 4.98 Å². The fourth-order valence-corrected chi connectivity index (χ4v) is 4.99. The minimum Gasteiger partial charge on any atom is -0.379 e. The van der Waals surface area contributed by atoms with Gasteiger partial charge in [0.05, 0.1) is 29.1 Å². The Bertz CT molecular complexity index is 1050. The van der Waals surface area contributed by atoms with E-state index < -0.39 is 28.7 Å². The normalized spacial score (nSPS) is 16.0. The van der Waals surface area contributed by atoms with Crippen molar-refractivity contribution >= 4 is 27.0 Å². The molecule has 1 aromatic heterocycles. The van der Waals surface area contributed by atoms with Crippen molar-refractivity contribution in [1.29, 1.82) is 0 Å². The van der Waals surface area contributed by atoms with Crippen LogP contribution in [0.1, 0.15) is 19.2 Å². The lowest BCUT2D eigenvalue weighted by Gasteiger charge is -2.26. The number of carbonyl (C=O) groups excluding carboxylic acids is 1. The fourth-order valence-electron chi connectivity index (χ4n) is 3.57. The van der Waals surface area contributed by atoms with Crippen LogP contribution in [0.3, 0.4) is 0 Å². The molecular formula is C19H25F3N4O4S. The summed E-state index contributed by atoms with van der Waals surface area (Å²) in [7, 11) is -2.57. The highest BCUT2D eigenvalue weighted by molar-refractivity contribution is 7.89. The van der Waals surface area contributed by atoms with Gasteiger partial charge >= 0.3 is 6.18 Å². The first-order valence-electron chi connectivity index (χ1n) is 9.90. The minimum atomic E-state index is -4.46. The maximum Gasteiger partial charge on any atom is 0.406 e. The third kappa shape index (κ3) is 5.36. The largest absolute Gasteiger partial charge is 0.406 e. The number of nitrogens with zero attached hydrogens (tertiary/aromatic N) is 4. The van der Waals surface area contributed by atoms with E-state index in [1.807, 2.05) is 11.5 Å². The smallest absolute Gasteiger partial charge is 0.379 e. The van der Waals surface area contributed by atoms with E-state index in [4.69, 9.17) is 4.74 Å². The van der Waals surface area contributed by atoms with Crippen LogP contribution in [0.25, 0.3) is 11.0 Å². The number of hydrogen-bond donors (Lipinski definition) is 0. The lowest BCUT2D eigenvalue weighted by atomic mass is 10.2. The first-order chi connectivity index (χ1) is 14.5. The summed E-state index contributed by atoms with van der Waals surface area (Å²) >= 11 is 0. The van der Waals surface area contributed by atoms with Crippen LogP contribution in [0, 0.1) is 0 Å². The molecule has 0 unspecified atom stereocenters. The highest BCUT2D eigenvalue weighted by Crippen LogP contribution is 2.24.